The van der Waals surface area contributed by atoms with E-state index in [4.69, 9.17) is 30.8 Å². The van der Waals surface area contributed by atoms with Crippen LogP contribution in [0.15, 0.2) is 94.8 Å². The van der Waals surface area contributed by atoms with Crippen LogP contribution in [0, 0.1) is 6.92 Å². The first kappa shape index (κ1) is 22.5. The molecular weight excluding hydrogens is 490 g/mol. The molecule has 5 nitrogen and oxygen atoms in total. The van der Waals surface area contributed by atoms with Gasteiger partial charge in [0.15, 0.2) is 18.2 Å². The van der Waals surface area contributed by atoms with Crippen molar-refractivity contribution < 1.29 is 9.26 Å². The van der Waals surface area contributed by atoms with Gasteiger partial charge in [0.25, 0.3) is 0 Å². The quantitative estimate of drug-likeness (QED) is 0.226. The molecule has 0 aliphatic heterocycles. The van der Waals surface area contributed by atoms with Gasteiger partial charge in [-0.3, -0.25) is 0 Å². The summed E-state index contributed by atoms with van der Waals surface area (Å²) in [7, 11) is 0. The van der Waals surface area contributed by atoms with Crippen LogP contribution < -0.4 is 4.74 Å². The molecule has 0 aliphatic rings. The van der Waals surface area contributed by atoms with E-state index in [0.717, 1.165) is 43.7 Å². The lowest BCUT2D eigenvalue weighted by Crippen LogP contribution is -2.00. The molecule has 176 valence electrons. The number of hydrogen-bond acceptors (Lipinski definition) is 6. The van der Waals surface area contributed by atoms with Crippen molar-refractivity contribution in [2.45, 2.75) is 13.5 Å². The van der Waals surface area contributed by atoms with Gasteiger partial charge < -0.3 is 9.26 Å². The Bertz CT molecular complexity index is 1660. The lowest BCUT2D eigenvalue weighted by Gasteiger charge is -2.09. The lowest BCUT2D eigenvalue weighted by atomic mass is 10.1. The van der Waals surface area contributed by atoms with Crippen LogP contribution in [0.5, 0.6) is 5.88 Å². The number of halogens is 1. The Kier molecular flexibility index (Phi) is 5.97. The summed E-state index contributed by atoms with van der Waals surface area (Å²) in [6.07, 6.45) is 0. The molecule has 6 aromatic rings. The molecule has 0 fully saturated rings. The van der Waals surface area contributed by atoms with Gasteiger partial charge in [0, 0.05) is 33.2 Å². The smallest absolute Gasteiger partial charge is 0.227 e. The Labute approximate surface area is 217 Å². The molecular formula is C29H20ClN3O2S. The number of fused-ring (bicyclic) bond motifs is 1. The van der Waals surface area contributed by atoms with Gasteiger partial charge in [0.2, 0.25) is 5.88 Å². The van der Waals surface area contributed by atoms with Crippen molar-refractivity contribution in [1.82, 2.24) is 15.1 Å². The molecule has 0 saturated carbocycles. The second-order valence-corrected chi connectivity index (χ2v) is 9.63. The topological polar surface area (TPSA) is 61.0 Å². The number of aromatic nitrogens is 3. The molecule has 0 radical (unpaired) electrons. The predicted molar refractivity (Wildman–Crippen MR) is 144 cm³/mol. The maximum atomic E-state index is 6.29. The highest BCUT2D eigenvalue weighted by Crippen LogP contribution is 2.39. The van der Waals surface area contributed by atoms with Crippen molar-refractivity contribution in [1.29, 1.82) is 0 Å². The van der Waals surface area contributed by atoms with Gasteiger partial charge in [0.05, 0.1) is 5.39 Å². The molecule has 3 heterocycles. The molecule has 0 unspecified atom stereocenters. The molecule has 0 atom stereocenters. The summed E-state index contributed by atoms with van der Waals surface area (Å²) in [6, 6.07) is 27.7. The minimum Gasteiger partial charge on any atom is -0.469 e. The summed E-state index contributed by atoms with van der Waals surface area (Å²) in [6.45, 7) is 2.18. The van der Waals surface area contributed by atoms with E-state index in [0.29, 0.717) is 22.5 Å². The SMILES string of the molecule is Cc1cc(Cl)ccc1-c1cc(COc2nc(-c3ccccc3)nc3scc(-c4ccccc4)c23)on1. The Morgan fingerprint density at radius 3 is 2.36 bits per heavy atom. The molecule has 0 N–H and O–H groups in total. The molecule has 3 aromatic heterocycles. The summed E-state index contributed by atoms with van der Waals surface area (Å²) in [5, 5.41) is 7.92. The van der Waals surface area contributed by atoms with E-state index >= 15 is 0 Å². The molecule has 0 spiro atoms. The first-order valence-corrected chi connectivity index (χ1v) is 12.7. The zero-order valence-corrected chi connectivity index (χ0v) is 20.9. The Hall–Kier alpha value is -4.00. The zero-order valence-electron chi connectivity index (χ0n) is 19.3. The van der Waals surface area contributed by atoms with Crippen LogP contribution in [-0.4, -0.2) is 15.1 Å². The fraction of sp³-hybridized carbons (Fsp3) is 0.0690. The van der Waals surface area contributed by atoms with E-state index in [-0.39, 0.29) is 6.61 Å². The summed E-state index contributed by atoms with van der Waals surface area (Å²) in [5.41, 5.74) is 5.79. The van der Waals surface area contributed by atoms with Crippen molar-refractivity contribution in [3.05, 3.63) is 107 Å². The summed E-state index contributed by atoms with van der Waals surface area (Å²) in [4.78, 5) is 10.5. The summed E-state index contributed by atoms with van der Waals surface area (Å²) in [5.74, 6) is 1.73. The number of hydrogen-bond donors (Lipinski definition) is 0. The number of rotatable bonds is 6. The highest BCUT2D eigenvalue weighted by Gasteiger charge is 2.18. The van der Waals surface area contributed by atoms with Crippen LogP contribution in [0.2, 0.25) is 5.02 Å². The minimum absolute atomic E-state index is 0.185. The molecule has 3 aromatic carbocycles. The van der Waals surface area contributed by atoms with Gasteiger partial charge in [-0.05, 0) is 30.2 Å². The average molecular weight is 510 g/mol. The van der Waals surface area contributed by atoms with Crippen molar-refractivity contribution in [2.75, 3.05) is 0 Å². The molecule has 0 aliphatic carbocycles. The Morgan fingerprint density at radius 1 is 0.861 bits per heavy atom. The van der Waals surface area contributed by atoms with Crippen LogP contribution in [-0.2, 0) is 6.61 Å². The van der Waals surface area contributed by atoms with E-state index in [2.05, 4.69) is 22.7 Å². The van der Waals surface area contributed by atoms with E-state index < -0.39 is 0 Å². The van der Waals surface area contributed by atoms with E-state index in [9.17, 15) is 0 Å². The number of nitrogens with zero attached hydrogens (tertiary/aromatic N) is 3. The highest BCUT2D eigenvalue weighted by atomic mass is 35.5. The number of benzene rings is 3. The maximum Gasteiger partial charge on any atom is 0.227 e. The van der Waals surface area contributed by atoms with Gasteiger partial charge >= 0.3 is 0 Å². The number of aryl methyl sites for hydroxylation is 1. The van der Waals surface area contributed by atoms with Crippen LogP contribution in [0.25, 0.3) is 44.0 Å². The van der Waals surface area contributed by atoms with Gasteiger partial charge in [-0.2, -0.15) is 4.98 Å². The van der Waals surface area contributed by atoms with Crippen LogP contribution in [0.1, 0.15) is 11.3 Å². The third-order valence-corrected chi connectivity index (χ3v) is 7.00. The van der Waals surface area contributed by atoms with Crippen LogP contribution >= 0.6 is 22.9 Å². The van der Waals surface area contributed by atoms with Crippen LogP contribution in [0.3, 0.4) is 0 Å². The van der Waals surface area contributed by atoms with Crippen molar-refractivity contribution in [3.63, 3.8) is 0 Å². The van der Waals surface area contributed by atoms with Crippen molar-refractivity contribution >= 4 is 33.2 Å². The standard InChI is InChI=1S/C29H20ClN3O2S/c1-18-14-21(30)12-13-23(18)25-15-22(35-33-25)16-34-28-26-24(19-8-4-2-5-9-19)17-36-29(26)32-27(31-28)20-10-6-3-7-11-20/h2-15,17H,16H2,1H3. The predicted octanol–water partition coefficient (Wildman–Crippen LogP) is 8.22. The second-order valence-electron chi connectivity index (χ2n) is 8.34. The average Bonchev–Trinajstić information content (AvgIpc) is 3.56. The molecule has 0 saturated heterocycles. The Morgan fingerprint density at radius 2 is 1.61 bits per heavy atom. The summed E-state index contributed by atoms with van der Waals surface area (Å²) >= 11 is 7.68. The zero-order chi connectivity index (χ0) is 24.5. The van der Waals surface area contributed by atoms with E-state index in [1.807, 2.05) is 79.7 Å². The van der Waals surface area contributed by atoms with Crippen molar-refractivity contribution in [3.8, 4) is 39.7 Å². The molecule has 0 bridgehead atoms. The fourth-order valence-electron chi connectivity index (χ4n) is 4.12. The maximum absolute atomic E-state index is 6.29. The minimum atomic E-state index is 0.185. The number of ether oxygens (including phenoxy) is 1. The Balaban J connectivity index is 1.38. The fourth-order valence-corrected chi connectivity index (χ4v) is 5.29. The first-order chi connectivity index (χ1) is 17.7. The number of thiophene rings is 1. The molecule has 7 heteroatoms. The van der Waals surface area contributed by atoms with Gasteiger partial charge in [0.1, 0.15) is 10.5 Å². The second kappa shape index (κ2) is 9.57. The molecule has 6 rings (SSSR count). The third kappa shape index (κ3) is 4.37. The van der Waals surface area contributed by atoms with E-state index in [1.165, 1.54) is 0 Å². The molecule has 0 amide bonds. The van der Waals surface area contributed by atoms with Crippen LogP contribution in [0.4, 0.5) is 0 Å². The third-order valence-electron chi connectivity index (χ3n) is 5.89. The van der Waals surface area contributed by atoms with Gasteiger partial charge in [-0.25, -0.2) is 4.98 Å². The van der Waals surface area contributed by atoms with Crippen molar-refractivity contribution in [2.24, 2.45) is 0 Å². The highest BCUT2D eigenvalue weighted by molar-refractivity contribution is 7.17. The first-order valence-electron chi connectivity index (χ1n) is 11.4. The lowest BCUT2D eigenvalue weighted by molar-refractivity contribution is 0.244. The molecule has 36 heavy (non-hydrogen) atoms. The van der Waals surface area contributed by atoms with E-state index in [1.54, 1.807) is 11.3 Å². The van der Waals surface area contributed by atoms with Gasteiger partial charge in [-0.1, -0.05) is 83.5 Å². The monoisotopic (exact) mass is 509 g/mol. The summed E-state index contributed by atoms with van der Waals surface area (Å²) < 4.78 is 11.9. The largest absolute Gasteiger partial charge is 0.469 e. The normalized spacial score (nSPS) is 11.2. The van der Waals surface area contributed by atoms with Gasteiger partial charge in [-0.15, -0.1) is 11.3 Å².